The van der Waals surface area contributed by atoms with E-state index in [9.17, 15) is 4.79 Å². The average molecular weight is 310 g/mol. The maximum absolute atomic E-state index is 11.0. The zero-order valence-corrected chi connectivity index (χ0v) is 13.1. The first-order valence-electron chi connectivity index (χ1n) is 8.18. The van der Waals surface area contributed by atoms with Crippen molar-refractivity contribution in [1.29, 1.82) is 0 Å². The molecule has 0 radical (unpaired) electrons. The minimum atomic E-state index is -0.646. The van der Waals surface area contributed by atoms with E-state index >= 15 is 0 Å². The van der Waals surface area contributed by atoms with Crippen molar-refractivity contribution in [2.45, 2.75) is 38.3 Å². The topological polar surface area (TPSA) is 62.2 Å². The third kappa shape index (κ3) is 4.17. The van der Waals surface area contributed by atoms with Gasteiger partial charge in [-0.2, -0.15) is 0 Å². The van der Waals surface area contributed by atoms with Crippen LogP contribution >= 0.6 is 0 Å². The van der Waals surface area contributed by atoms with Gasteiger partial charge in [-0.15, -0.1) is 0 Å². The summed E-state index contributed by atoms with van der Waals surface area (Å²) in [7, 11) is 0. The Morgan fingerprint density at radius 2 is 1.91 bits per heavy atom. The SMILES string of the molecule is O=C(O)C1CCC(NCc2cccc(-c3cccnc3)c2)CC1. The Kier molecular flexibility index (Phi) is 5.03. The van der Waals surface area contributed by atoms with Crippen molar-refractivity contribution in [1.82, 2.24) is 10.3 Å². The molecule has 120 valence electrons. The highest BCUT2D eigenvalue weighted by Crippen LogP contribution is 2.25. The van der Waals surface area contributed by atoms with Crippen LogP contribution in [0.5, 0.6) is 0 Å². The minimum Gasteiger partial charge on any atom is -0.481 e. The number of nitrogens with one attached hydrogen (secondary N) is 1. The van der Waals surface area contributed by atoms with Crippen molar-refractivity contribution in [3.8, 4) is 11.1 Å². The van der Waals surface area contributed by atoms with Gasteiger partial charge < -0.3 is 10.4 Å². The van der Waals surface area contributed by atoms with Crippen molar-refractivity contribution in [3.63, 3.8) is 0 Å². The van der Waals surface area contributed by atoms with Crippen LogP contribution in [0.15, 0.2) is 48.8 Å². The molecule has 1 fully saturated rings. The van der Waals surface area contributed by atoms with Gasteiger partial charge in [0, 0.05) is 25.0 Å². The molecule has 0 atom stereocenters. The van der Waals surface area contributed by atoms with E-state index in [1.807, 2.05) is 12.3 Å². The molecule has 0 amide bonds. The quantitative estimate of drug-likeness (QED) is 0.887. The highest BCUT2D eigenvalue weighted by Gasteiger charge is 2.25. The lowest BCUT2D eigenvalue weighted by Crippen LogP contribution is -2.34. The van der Waals surface area contributed by atoms with Crippen LogP contribution in [0.1, 0.15) is 31.2 Å². The maximum atomic E-state index is 11.0. The van der Waals surface area contributed by atoms with E-state index in [1.54, 1.807) is 6.20 Å². The monoisotopic (exact) mass is 310 g/mol. The van der Waals surface area contributed by atoms with E-state index in [4.69, 9.17) is 5.11 Å². The molecule has 4 nitrogen and oxygen atoms in total. The lowest BCUT2D eigenvalue weighted by atomic mass is 9.86. The number of carbonyl (C=O) groups is 1. The summed E-state index contributed by atoms with van der Waals surface area (Å²) in [6.45, 7) is 0.816. The van der Waals surface area contributed by atoms with Crippen LogP contribution in [0, 0.1) is 5.92 Å². The molecule has 1 aliphatic carbocycles. The Hall–Kier alpha value is -2.20. The van der Waals surface area contributed by atoms with E-state index in [2.05, 4.69) is 40.6 Å². The Morgan fingerprint density at radius 3 is 2.61 bits per heavy atom. The number of pyridine rings is 1. The molecule has 0 bridgehead atoms. The minimum absolute atomic E-state index is 0.151. The van der Waals surface area contributed by atoms with Gasteiger partial charge in [0.2, 0.25) is 0 Å². The van der Waals surface area contributed by atoms with Crippen LogP contribution in [0.3, 0.4) is 0 Å². The zero-order chi connectivity index (χ0) is 16.1. The molecular formula is C19H22N2O2. The molecule has 1 aliphatic rings. The van der Waals surface area contributed by atoms with Crippen LogP contribution in [0.4, 0.5) is 0 Å². The molecule has 0 spiro atoms. The highest BCUT2D eigenvalue weighted by molar-refractivity contribution is 5.70. The molecule has 2 aromatic rings. The van der Waals surface area contributed by atoms with E-state index < -0.39 is 5.97 Å². The summed E-state index contributed by atoms with van der Waals surface area (Å²) in [6.07, 6.45) is 7.10. The molecule has 0 aliphatic heterocycles. The Labute approximate surface area is 136 Å². The number of nitrogens with zero attached hydrogens (tertiary/aromatic N) is 1. The normalized spacial score (nSPS) is 21.0. The first kappa shape index (κ1) is 15.7. The smallest absolute Gasteiger partial charge is 0.306 e. The van der Waals surface area contributed by atoms with Gasteiger partial charge in [-0.05, 0) is 54.5 Å². The van der Waals surface area contributed by atoms with E-state index in [0.29, 0.717) is 6.04 Å². The fraction of sp³-hybridized carbons (Fsp3) is 0.368. The van der Waals surface area contributed by atoms with E-state index in [-0.39, 0.29) is 5.92 Å². The second-order valence-electron chi connectivity index (χ2n) is 6.21. The van der Waals surface area contributed by atoms with Gasteiger partial charge in [0.05, 0.1) is 5.92 Å². The molecular weight excluding hydrogens is 288 g/mol. The van der Waals surface area contributed by atoms with Crippen LogP contribution in [0.25, 0.3) is 11.1 Å². The average Bonchev–Trinajstić information content (AvgIpc) is 2.61. The van der Waals surface area contributed by atoms with Crippen molar-refractivity contribution < 1.29 is 9.90 Å². The summed E-state index contributed by atoms with van der Waals surface area (Å²) in [5, 5.41) is 12.6. The lowest BCUT2D eigenvalue weighted by molar-refractivity contribution is -0.142. The van der Waals surface area contributed by atoms with Crippen LogP contribution in [0.2, 0.25) is 0 Å². The number of carboxylic acid groups (broad SMARTS) is 1. The first-order chi connectivity index (χ1) is 11.2. The first-order valence-corrected chi connectivity index (χ1v) is 8.18. The number of hydrogen-bond acceptors (Lipinski definition) is 3. The van der Waals surface area contributed by atoms with Crippen molar-refractivity contribution in [3.05, 3.63) is 54.4 Å². The third-order valence-electron chi connectivity index (χ3n) is 4.59. The predicted octanol–water partition coefficient (Wildman–Crippen LogP) is 3.48. The Balaban J connectivity index is 1.56. The highest BCUT2D eigenvalue weighted by atomic mass is 16.4. The largest absolute Gasteiger partial charge is 0.481 e. The fourth-order valence-electron chi connectivity index (χ4n) is 3.20. The van der Waals surface area contributed by atoms with Gasteiger partial charge in [0.15, 0.2) is 0 Å². The molecule has 1 aromatic heterocycles. The van der Waals surface area contributed by atoms with Gasteiger partial charge in [-0.25, -0.2) is 0 Å². The summed E-state index contributed by atoms with van der Waals surface area (Å²) < 4.78 is 0. The number of aliphatic carboxylic acids is 1. The molecule has 3 rings (SSSR count). The molecule has 0 unspecified atom stereocenters. The van der Waals surface area contributed by atoms with Crippen LogP contribution in [-0.2, 0) is 11.3 Å². The van der Waals surface area contributed by atoms with Crippen LogP contribution in [-0.4, -0.2) is 22.1 Å². The second-order valence-corrected chi connectivity index (χ2v) is 6.21. The number of hydrogen-bond donors (Lipinski definition) is 2. The molecule has 1 saturated carbocycles. The lowest BCUT2D eigenvalue weighted by Gasteiger charge is -2.27. The van der Waals surface area contributed by atoms with Crippen molar-refractivity contribution in [2.75, 3.05) is 0 Å². The number of carboxylic acids is 1. The molecule has 0 saturated heterocycles. The van der Waals surface area contributed by atoms with Crippen molar-refractivity contribution >= 4 is 5.97 Å². The second kappa shape index (κ2) is 7.38. The standard InChI is InChI=1S/C19H22N2O2/c22-19(23)15-6-8-18(9-7-15)21-12-14-3-1-4-16(11-14)17-5-2-10-20-13-17/h1-5,10-11,13,15,18,21H,6-9,12H2,(H,22,23). The summed E-state index contributed by atoms with van der Waals surface area (Å²) in [5.41, 5.74) is 3.54. The van der Waals surface area contributed by atoms with E-state index in [0.717, 1.165) is 37.8 Å². The van der Waals surface area contributed by atoms with Gasteiger partial charge in [0.1, 0.15) is 0 Å². The molecule has 23 heavy (non-hydrogen) atoms. The van der Waals surface area contributed by atoms with Crippen LogP contribution < -0.4 is 5.32 Å². The Bertz CT molecular complexity index is 649. The van der Waals surface area contributed by atoms with Gasteiger partial charge in [-0.3, -0.25) is 9.78 Å². The number of rotatable bonds is 5. The van der Waals surface area contributed by atoms with Crippen molar-refractivity contribution in [2.24, 2.45) is 5.92 Å². The Morgan fingerprint density at radius 1 is 1.13 bits per heavy atom. The van der Waals surface area contributed by atoms with Gasteiger partial charge in [-0.1, -0.05) is 24.3 Å². The van der Waals surface area contributed by atoms with E-state index in [1.165, 1.54) is 11.1 Å². The molecule has 4 heteroatoms. The third-order valence-corrected chi connectivity index (χ3v) is 4.59. The number of aromatic nitrogens is 1. The summed E-state index contributed by atoms with van der Waals surface area (Å²) in [5.74, 6) is -0.797. The predicted molar refractivity (Wildman–Crippen MR) is 89.9 cm³/mol. The summed E-state index contributed by atoms with van der Waals surface area (Å²) in [4.78, 5) is 15.2. The van der Waals surface area contributed by atoms with Gasteiger partial charge >= 0.3 is 5.97 Å². The summed E-state index contributed by atoms with van der Waals surface area (Å²) in [6, 6.07) is 12.9. The maximum Gasteiger partial charge on any atom is 0.306 e. The molecule has 2 N–H and O–H groups in total. The zero-order valence-electron chi connectivity index (χ0n) is 13.1. The summed E-state index contributed by atoms with van der Waals surface area (Å²) >= 11 is 0. The fourth-order valence-corrected chi connectivity index (χ4v) is 3.20. The van der Waals surface area contributed by atoms with Gasteiger partial charge in [0.25, 0.3) is 0 Å². The molecule has 1 heterocycles. The number of benzene rings is 1. The molecule has 1 aromatic carbocycles.